The van der Waals surface area contributed by atoms with Crippen molar-refractivity contribution in [3.05, 3.63) is 65.3 Å². The number of benzene rings is 1. The van der Waals surface area contributed by atoms with Gasteiger partial charge >= 0.3 is 0 Å². The Morgan fingerprint density at radius 3 is 2.67 bits per heavy atom. The van der Waals surface area contributed by atoms with E-state index in [4.69, 9.17) is 0 Å². The molecule has 0 spiro atoms. The number of aryl methyl sites for hydroxylation is 1. The summed E-state index contributed by atoms with van der Waals surface area (Å²) in [6, 6.07) is 7.60. The summed E-state index contributed by atoms with van der Waals surface area (Å²) in [5, 5.41) is 10.0. The number of aromatic nitrogens is 5. The van der Waals surface area contributed by atoms with Crippen molar-refractivity contribution in [3.63, 3.8) is 0 Å². The highest BCUT2D eigenvalue weighted by Crippen LogP contribution is 2.41. The first kappa shape index (κ1) is 24.4. The molecule has 190 valence electrons. The molecule has 1 N–H and O–H groups in total. The summed E-state index contributed by atoms with van der Waals surface area (Å²) in [5.41, 5.74) is -2.43. The molecule has 3 heterocycles. The molecule has 0 radical (unpaired) electrons. The van der Waals surface area contributed by atoms with Crippen molar-refractivity contribution in [2.45, 2.75) is 56.7 Å². The summed E-state index contributed by atoms with van der Waals surface area (Å²) < 4.78 is 45.9. The average Bonchev–Trinajstić information content (AvgIpc) is 3.58. The maximum atomic E-state index is 15.6. The minimum absolute atomic E-state index is 0.0462. The lowest BCUT2D eigenvalue weighted by atomic mass is 9.92. The van der Waals surface area contributed by atoms with Crippen molar-refractivity contribution in [3.8, 4) is 0 Å². The molecular formula is C25H28F3N7O. The zero-order valence-electron chi connectivity index (χ0n) is 20.4. The normalized spacial score (nSPS) is 19.8. The molecule has 2 atom stereocenters. The number of carbonyl (C=O) groups is 1. The Balaban J connectivity index is 1.34. The third-order valence-corrected chi connectivity index (χ3v) is 6.60. The van der Waals surface area contributed by atoms with Crippen LogP contribution < -0.4 is 5.32 Å². The van der Waals surface area contributed by atoms with Gasteiger partial charge in [0.25, 0.3) is 5.91 Å². The van der Waals surface area contributed by atoms with E-state index in [1.165, 1.54) is 23.0 Å². The van der Waals surface area contributed by atoms with Gasteiger partial charge in [-0.15, -0.1) is 10.2 Å². The van der Waals surface area contributed by atoms with Gasteiger partial charge in [0.15, 0.2) is 17.7 Å². The maximum Gasteiger partial charge on any atom is 0.274 e. The topological polar surface area (TPSA) is 88.8 Å². The fourth-order valence-corrected chi connectivity index (χ4v) is 4.47. The molecule has 2 fully saturated rings. The number of carbonyl (C=O) groups excluding carboxylic acids is 1. The summed E-state index contributed by atoms with van der Waals surface area (Å²) in [4.78, 5) is 24.1. The van der Waals surface area contributed by atoms with E-state index >= 15 is 8.78 Å². The molecule has 11 heteroatoms. The SMILES string of the molecule is Cn1cnnc1[C@H](F)[C@@](C)(F)c1cccc(NC(=O)c2cc(CN3CC(C)(F)C3)nc(C3CC3)n2)c1. The number of nitrogens with one attached hydrogen (secondary N) is 1. The number of halogens is 3. The highest BCUT2D eigenvalue weighted by atomic mass is 19.2. The van der Waals surface area contributed by atoms with Gasteiger partial charge in [-0.25, -0.2) is 23.1 Å². The van der Waals surface area contributed by atoms with Crippen molar-refractivity contribution >= 4 is 11.6 Å². The predicted molar refractivity (Wildman–Crippen MR) is 127 cm³/mol. The van der Waals surface area contributed by atoms with E-state index in [1.807, 2.05) is 4.90 Å². The van der Waals surface area contributed by atoms with Crippen molar-refractivity contribution in [2.24, 2.45) is 7.05 Å². The molecule has 36 heavy (non-hydrogen) atoms. The molecule has 5 rings (SSSR count). The molecule has 1 aromatic carbocycles. The van der Waals surface area contributed by atoms with E-state index in [0.717, 1.165) is 19.8 Å². The molecule has 2 aliphatic rings. The Labute approximate surface area is 207 Å². The molecule has 1 saturated carbocycles. The van der Waals surface area contributed by atoms with Crippen LogP contribution in [0, 0.1) is 0 Å². The van der Waals surface area contributed by atoms with Gasteiger partial charge in [0.2, 0.25) is 0 Å². The zero-order valence-corrected chi connectivity index (χ0v) is 20.4. The second-order valence-electron chi connectivity index (χ2n) is 10.2. The first-order valence-electron chi connectivity index (χ1n) is 11.9. The van der Waals surface area contributed by atoms with Gasteiger partial charge in [-0.05, 0) is 50.5 Å². The molecule has 1 amide bonds. The second-order valence-corrected chi connectivity index (χ2v) is 10.2. The van der Waals surface area contributed by atoms with Gasteiger partial charge in [0, 0.05) is 38.3 Å². The number of rotatable bonds is 8. The van der Waals surface area contributed by atoms with Gasteiger partial charge in [-0.2, -0.15) is 0 Å². The Morgan fingerprint density at radius 1 is 1.28 bits per heavy atom. The fourth-order valence-electron chi connectivity index (χ4n) is 4.47. The lowest BCUT2D eigenvalue weighted by Crippen LogP contribution is -2.56. The lowest BCUT2D eigenvalue weighted by Gasteiger charge is -2.42. The van der Waals surface area contributed by atoms with Crippen LogP contribution in [0.4, 0.5) is 18.9 Å². The largest absolute Gasteiger partial charge is 0.321 e. The molecule has 3 aromatic rings. The van der Waals surface area contributed by atoms with Gasteiger partial charge in [-0.3, -0.25) is 9.69 Å². The van der Waals surface area contributed by atoms with Crippen LogP contribution in [0.5, 0.6) is 0 Å². The highest BCUT2D eigenvalue weighted by molar-refractivity contribution is 6.03. The first-order chi connectivity index (χ1) is 17.0. The number of anilines is 1. The van der Waals surface area contributed by atoms with Gasteiger partial charge in [0.1, 0.15) is 23.5 Å². The Kier molecular flexibility index (Phi) is 6.06. The lowest BCUT2D eigenvalue weighted by molar-refractivity contribution is -0.0233. The summed E-state index contributed by atoms with van der Waals surface area (Å²) in [6.07, 6.45) is 1.17. The second kappa shape index (κ2) is 8.95. The summed E-state index contributed by atoms with van der Waals surface area (Å²) >= 11 is 0. The molecule has 1 aliphatic carbocycles. The standard InChI is InChI=1S/C25H28F3N7O/c1-24(27)12-35(13-24)11-18-10-19(32-21(30-18)15-7-8-15)23(36)31-17-6-4-5-16(9-17)25(2,28)20(26)22-33-29-14-34(22)3/h4-6,9-10,14-15,20H,7-8,11-13H2,1-3H3,(H,31,36)/t20-,25-/m0/s1. The van der Waals surface area contributed by atoms with Gasteiger partial charge in [-0.1, -0.05) is 12.1 Å². The van der Waals surface area contributed by atoms with Crippen LogP contribution in [0.25, 0.3) is 0 Å². The molecular weight excluding hydrogens is 471 g/mol. The predicted octanol–water partition coefficient (Wildman–Crippen LogP) is 4.17. The molecule has 1 saturated heterocycles. The van der Waals surface area contributed by atoms with Crippen molar-refractivity contribution in [1.82, 2.24) is 29.6 Å². The monoisotopic (exact) mass is 499 g/mol. The van der Waals surface area contributed by atoms with Crippen LogP contribution in [-0.4, -0.2) is 54.3 Å². The van der Waals surface area contributed by atoms with Crippen LogP contribution in [0.15, 0.2) is 36.7 Å². The Morgan fingerprint density at radius 2 is 2.03 bits per heavy atom. The number of hydrogen-bond donors (Lipinski definition) is 1. The molecule has 8 nitrogen and oxygen atoms in total. The zero-order chi connectivity index (χ0) is 25.7. The van der Waals surface area contributed by atoms with Gasteiger partial charge < -0.3 is 9.88 Å². The van der Waals surface area contributed by atoms with E-state index < -0.39 is 23.4 Å². The number of amides is 1. The van der Waals surface area contributed by atoms with Crippen LogP contribution in [0.2, 0.25) is 0 Å². The fraction of sp³-hybridized carbons (Fsp3) is 0.480. The number of likely N-dealkylation sites (tertiary alicyclic amines) is 1. The minimum Gasteiger partial charge on any atom is -0.321 e. The summed E-state index contributed by atoms with van der Waals surface area (Å²) in [7, 11) is 1.54. The van der Waals surface area contributed by atoms with E-state index in [0.29, 0.717) is 36.8 Å². The molecule has 1 aliphatic heterocycles. The number of hydrogen-bond acceptors (Lipinski definition) is 6. The smallest absolute Gasteiger partial charge is 0.274 e. The van der Waals surface area contributed by atoms with Crippen LogP contribution in [0.1, 0.15) is 72.2 Å². The molecule has 0 bridgehead atoms. The Hall–Kier alpha value is -3.34. The highest BCUT2D eigenvalue weighted by Gasteiger charge is 2.41. The average molecular weight is 500 g/mol. The minimum atomic E-state index is -2.41. The van der Waals surface area contributed by atoms with E-state index in [-0.39, 0.29) is 23.0 Å². The van der Waals surface area contributed by atoms with Crippen molar-refractivity contribution in [1.29, 1.82) is 0 Å². The van der Waals surface area contributed by atoms with Crippen LogP contribution in [0.3, 0.4) is 0 Å². The van der Waals surface area contributed by atoms with Crippen molar-refractivity contribution in [2.75, 3.05) is 18.4 Å². The molecule has 0 unspecified atom stereocenters. The Bertz CT molecular complexity index is 1280. The van der Waals surface area contributed by atoms with Crippen molar-refractivity contribution < 1.29 is 18.0 Å². The van der Waals surface area contributed by atoms with Gasteiger partial charge in [0.05, 0.1) is 5.69 Å². The third kappa shape index (κ3) is 4.97. The van der Waals surface area contributed by atoms with E-state index in [1.54, 1.807) is 32.2 Å². The van der Waals surface area contributed by atoms with Crippen LogP contribution >= 0.6 is 0 Å². The first-order valence-corrected chi connectivity index (χ1v) is 11.9. The third-order valence-electron chi connectivity index (χ3n) is 6.60. The molecule has 2 aromatic heterocycles. The summed E-state index contributed by atoms with van der Waals surface area (Å²) in [5.74, 6) is 0.209. The number of alkyl halides is 3. The van der Waals surface area contributed by atoms with Crippen LogP contribution in [-0.2, 0) is 19.3 Å². The van der Waals surface area contributed by atoms with E-state index in [9.17, 15) is 9.18 Å². The summed E-state index contributed by atoms with van der Waals surface area (Å²) in [6.45, 7) is 3.75. The number of nitrogens with zero attached hydrogens (tertiary/aromatic N) is 6. The quantitative estimate of drug-likeness (QED) is 0.501. The maximum absolute atomic E-state index is 15.6. The van der Waals surface area contributed by atoms with E-state index in [2.05, 4.69) is 25.5 Å².